The fourth-order valence-electron chi connectivity index (χ4n) is 2.20. The van der Waals surface area contributed by atoms with Gasteiger partial charge < -0.3 is 10.8 Å². The molecule has 3 nitrogen and oxygen atoms in total. The third kappa shape index (κ3) is 1.86. The van der Waals surface area contributed by atoms with Crippen molar-refractivity contribution in [3.8, 4) is 0 Å². The van der Waals surface area contributed by atoms with Crippen molar-refractivity contribution in [2.75, 3.05) is 0 Å². The number of benzene rings is 1. The molecule has 1 aromatic carbocycles. The van der Waals surface area contributed by atoms with Crippen LogP contribution in [-0.4, -0.2) is 17.1 Å². The van der Waals surface area contributed by atoms with Crippen molar-refractivity contribution in [1.29, 1.82) is 0 Å². The summed E-state index contributed by atoms with van der Waals surface area (Å²) in [7, 11) is 0. The Kier molecular flexibility index (Phi) is 2.79. The molecule has 0 saturated heterocycles. The quantitative estimate of drug-likeness (QED) is 0.810. The van der Waals surface area contributed by atoms with Crippen LogP contribution in [0.4, 0.5) is 0 Å². The molecular formula is C13H15NO2. The maximum absolute atomic E-state index is 10.7. The Morgan fingerprint density at radius 1 is 1.56 bits per heavy atom. The molecule has 0 saturated carbocycles. The van der Waals surface area contributed by atoms with Gasteiger partial charge in [0.15, 0.2) is 0 Å². The summed E-state index contributed by atoms with van der Waals surface area (Å²) in [6.45, 7) is 2.05. The second-order valence-corrected chi connectivity index (χ2v) is 4.19. The smallest absolute Gasteiger partial charge is 0.320 e. The molecule has 3 N–H and O–H groups in total. The van der Waals surface area contributed by atoms with Crippen LogP contribution < -0.4 is 5.73 Å². The molecule has 0 aromatic heterocycles. The van der Waals surface area contributed by atoms with E-state index in [2.05, 4.69) is 12.1 Å². The van der Waals surface area contributed by atoms with Crippen LogP contribution >= 0.6 is 0 Å². The first-order valence-electron chi connectivity index (χ1n) is 5.36. The Morgan fingerprint density at radius 2 is 2.31 bits per heavy atom. The Bertz CT molecular complexity index is 463. The summed E-state index contributed by atoms with van der Waals surface area (Å²) in [4.78, 5) is 10.7. The lowest BCUT2D eigenvalue weighted by atomic mass is 9.96. The van der Waals surface area contributed by atoms with Crippen LogP contribution in [-0.2, 0) is 11.2 Å². The summed E-state index contributed by atoms with van der Waals surface area (Å²) >= 11 is 0. The molecule has 1 atom stereocenters. The van der Waals surface area contributed by atoms with Gasteiger partial charge in [-0.3, -0.25) is 4.79 Å². The van der Waals surface area contributed by atoms with Gasteiger partial charge in [0.25, 0.3) is 0 Å². The average molecular weight is 217 g/mol. The first-order chi connectivity index (χ1) is 7.59. The van der Waals surface area contributed by atoms with E-state index in [9.17, 15) is 4.79 Å². The van der Waals surface area contributed by atoms with E-state index >= 15 is 0 Å². The highest BCUT2D eigenvalue weighted by Gasteiger charge is 2.20. The lowest BCUT2D eigenvalue weighted by molar-refractivity contribution is -0.138. The molecule has 0 fully saturated rings. The van der Waals surface area contributed by atoms with E-state index in [1.807, 2.05) is 19.1 Å². The second-order valence-electron chi connectivity index (χ2n) is 4.19. The summed E-state index contributed by atoms with van der Waals surface area (Å²) in [6, 6.07) is 5.35. The predicted molar refractivity (Wildman–Crippen MR) is 63.1 cm³/mol. The zero-order chi connectivity index (χ0) is 11.7. The van der Waals surface area contributed by atoms with Crippen molar-refractivity contribution < 1.29 is 9.90 Å². The van der Waals surface area contributed by atoms with Crippen molar-refractivity contribution in [3.05, 3.63) is 41.0 Å². The minimum atomic E-state index is -0.942. The number of hydrogen-bond donors (Lipinski definition) is 2. The molecule has 1 aromatic rings. The van der Waals surface area contributed by atoms with Crippen LogP contribution in [0.3, 0.4) is 0 Å². The SMILES string of the molecule is Cc1cccc2c1C(C[C@H](N)C(=O)O)=CC2. The molecule has 1 aliphatic rings. The number of aryl methyl sites for hydroxylation is 1. The molecule has 0 radical (unpaired) electrons. The summed E-state index contributed by atoms with van der Waals surface area (Å²) in [6.07, 6.45) is 3.38. The summed E-state index contributed by atoms with van der Waals surface area (Å²) in [5.74, 6) is -0.942. The number of carboxylic acid groups (broad SMARTS) is 1. The van der Waals surface area contributed by atoms with Crippen molar-refractivity contribution in [2.24, 2.45) is 5.73 Å². The standard InChI is InChI=1S/C13H15NO2/c1-8-3-2-4-9-5-6-10(12(8)9)7-11(14)13(15)16/h2-4,6,11H,5,7,14H2,1H3,(H,15,16)/t11-/m0/s1. The molecule has 0 amide bonds. The first kappa shape index (κ1) is 10.9. The Hall–Kier alpha value is -1.61. The van der Waals surface area contributed by atoms with Crippen molar-refractivity contribution in [1.82, 2.24) is 0 Å². The molecule has 0 aliphatic heterocycles. The number of allylic oxidation sites excluding steroid dienone is 1. The Labute approximate surface area is 94.6 Å². The molecule has 0 heterocycles. The van der Waals surface area contributed by atoms with Crippen LogP contribution in [0.25, 0.3) is 5.57 Å². The molecule has 2 rings (SSSR count). The molecule has 1 aliphatic carbocycles. The maximum atomic E-state index is 10.7. The fourth-order valence-corrected chi connectivity index (χ4v) is 2.20. The monoisotopic (exact) mass is 217 g/mol. The van der Waals surface area contributed by atoms with Gasteiger partial charge in [-0.2, -0.15) is 0 Å². The number of rotatable bonds is 3. The zero-order valence-corrected chi connectivity index (χ0v) is 9.23. The molecular weight excluding hydrogens is 202 g/mol. The van der Waals surface area contributed by atoms with Gasteiger partial charge in [0.05, 0.1) is 0 Å². The number of nitrogens with two attached hydrogens (primary N) is 1. The van der Waals surface area contributed by atoms with Crippen molar-refractivity contribution >= 4 is 11.5 Å². The van der Waals surface area contributed by atoms with Gasteiger partial charge in [0.2, 0.25) is 0 Å². The predicted octanol–water partition coefficient (Wildman–Crippen LogP) is 1.74. The van der Waals surface area contributed by atoms with E-state index < -0.39 is 12.0 Å². The normalized spacial score (nSPS) is 15.5. The number of aliphatic carboxylic acids is 1. The highest BCUT2D eigenvalue weighted by Crippen LogP contribution is 2.32. The van der Waals surface area contributed by atoms with Gasteiger partial charge in [-0.05, 0) is 42.0 Å². The molecule has 84 valence electrons. The summed E-state index contributed by atoms with van der Waals surface area (Å²) in [5.41, 5.74) is 10.3. The minimum Gasteiger partial charge on any atom is -0.480 e. The Morgan fingerprint density at radius 3 is 3.00 bits per heavy atom. The lowest BCUT2D eigenvalue weighted by Gasteiger charge is -2.11. The van der Waals surface area contributed by atoms with Crippen LogP contribution in [0.1, 0.15) is 23.1 Å². The van der Waals surface area contributed by atoms with Crippen LogP contribution in [0, 0.1) is 6.92 Å². The zero-order valence-electron chi connectivity index (χ0n) is 9.23. The Balaban J connectivity index is 2.26. The van der Waals surface area contributed by atoms with Gasteiger partial charge in [-0.1, -0.05) is 24.3 Å². The van der Waals surface area contributed by atoms with E-state index in [4.69, 9.17) is 10.8 Å². The molecule has 16 heavy (non-hydrogen) atoms. The number of hydrogen-bond acceptors (Lipinski definition) is 2. The molecule has 0 bridgehead atoms. The highest BCUT2D eigenvalue weighted by atomic mass is 16.4. The maximum Gasteiger partial charge on any atom is 0.320 e. The summed E-state index contributed by atoms with van der Waals surface area (Å²) < 4.78 is 0. The lowest BCUT2D eigenvalue weighted by Crippen LogP contribution is -2.30. The van der Waals surface area contributed by atoms with Gasteiger partial charge in [0, 0.05) is 0 Å². The topological polar surface area (TPSA) is 63.3 Å². The van der Waals surface area contributed by atoms with Crippen LogP contribution in [0.5, 0.6) is 0 Å². The van der Waals surface area contributed by atoms with E-state index in [-0.39, 0.29) is 0 Å². The summed E-state index contributed by atoms with van der Waals surface area (Å²) in [5, 5.41) is 8.81. The van der Waals surface area contributed by atoms with Crippen molar-refractivity contribution in [3.63, 3.8) is 0 Å². The van der Waals surface area contributed by atoms with Crippen molar-refractivity contribution in [2.45, 2.75) is 25.8 Å². The second kappa shape index (κ2) is 4.10. The van der Waals surface area contributed by atoms with E-state index in [1.165, 1.54) is 16.7 Å². The van der Waals surface area contributed by atoms with Gasteiger partial charge in [-0.15, -0.1) is 0 Å². The van der Waals surface area contributed by atoms with Gasteiger partial charge >= 0.3 is 5.97 Å². The van der Waals surface area contributed by atoms with E-state index in [0.717, 1.165) is 12.0 Å². The minimum absolute atomic E-state index is 0.410. The molecule has 3 heteroatoms. The number of fused-ring (bicyclic) bond motifs is 1. The number of carbonyl (C=O) groups is 1. The average Bonchev–Trinajstić information content (AvgIpc) is 2.63. The first-order valence-corrected chi connectivity index (χ1v) is 5.36. The third-order valence-electron chi connectivity index (χ3n) is 3.01. The highest BCUT2D eigenvalue weighted by molar-refractivity contribution is 5.81. The third-order valence-corrected chi connectivity index (χ3v) is 3.01. The van der Waals surface area contributed by atoms with E-state index in [0.29, 0.717) is 6.42 Å². The van der Waals surface area contributed by atoms with Gasteiger partial charge in [-0.25, -0.2) is 0 Å². The molecule has 0 spiro atoms. The molecule has 0 unspecified atom stereocenters. The van der Waals surface area contributed by atoms with Crippen LogP contribution in [0.15, 0.2) is 24.3 Å². The van der Waals surface area contributed by atoms with E-state index in [1.54, 1.807) is 0 Å². The van der Waals surface area contributed by atoms with Crippen LogP contribution in [0.2, 0.25) is 0 Å². The number of carboxylic acids is 1. The fraction of sp³-hybridized carbons (Fsp3) is 0.308. The largest absolute Gasteiger partial charge is 0.480 e. The van der Waals surface area contributed by atoms with Gasteiger partial charge in [0.1, 0.15) is 6.04 Å².